The van der Waals surface area contributed by atoms with Crippen molar-refractivity contribution in [1.29, 1.82) is 0 Å². The smallest absolute Gasteiger partial charge is 0.191 e. The molecular weight excluding hydrogens is 376 g/mol. The second kappa shape index (κ2) is 7.70. The fraction of sp³-hybridized carbons (Fsp3) is 0. The van der Waals surface area contributed by atoms with Crippen LogP contribution in [0, 0.1) is 0 Å². The fourth-order valence-electron chi connectivity index (χ4n) is 3.00. The van der Waals surface area contributed by atoms with Gasteiger partial charge in [-0.1, -0.05) is 60.1 Å². The molecule has 0 atom stereocenters. The first-order chi connectivity index (χ1) is 13.2. The summed E-state index contributed by atoms with van der Waals surface area (Å²) in [6.07, 6.45) is 5.17. The van der Waals surface area contributed by atoms with Crippen LogP contribution in [0.3, 0.4) is 0 Å². The lowest BCUT2D eigenvalue weighted by Gasteiger charge is -2.11. The van der Waals surface area contributed by atoms with Crippen LogP contribution >= 0.6 is 23.8 Å². The molecule has 6 heteroatoms. The molecule has 0 aliphatic rings. The molecule has 4 aromatic rings. The summed E-state index contributed by atoms with van der Waals surface area (Å²) in [7, 11) is 0. The summed E-state index contributed by atoms with van der Waals surface area (Å²) in [5.41, 5.74) is 4.64. The van der Waals surface area contributed by atoms with E-state index in [0.29, 0.717) is 5.11 Å². The molecule has 2 N–H and O–H groups in total. The highest BCUT2D eigenvalue weighted by Gasteiger charge is 2.10. The number of rotatable bonds is 3. The first-order valence-electron chi connectivity index (χ1n) is 8.33. The largest absolute Gasteiger partial charge is 0.330 e. The second-order valence-electron chi connectivity index (χ2n) is 5.88. The van der Waals surface area contributed by atoms with Gasteiger partial charge in [-0.05, 0) is 35.1 Å². The Morgan fingerprint density at radius 1 is 0.926 bits per heavy atom. The van der Waals surface area contributed by atoms with Gasteiger partial charge in [-0.2, -0.15) is 5.10 Å². The van der Waals surface area contributed by atoms with Crippen LogP contribution in [0.2, 0.25) is 5.02 Å². The average molecular weight is 391 g/mol. The number of nitrogens with one attached hydrogen (secondary N) is 2. The molecule has 1 aromatic heterocycles. The number of anilines is 1. The van der Waals surface area contributed by atoms with Crippen LogP contribution in [-0.2, 0) is 0 Å². The number of halogens is 1. The van der Waals surface area contributed by atoms with Crippen molar-refractivity contribution in [1.82, 2.24) is 10.4 Å². The molecule has 1 heterocycles. The highest BCUT2D eigenvalue weighted by Crippen LogP contribution is 2.35. The van der Waals surface area contributed by atoms with E-state index in [0.717, 1.165) is 37.8 Å². The van der Waals surface area contributed by atoms with Gasteiger partial charge < -0.3 is 5.32 Å². The highest BCUT2D eigenvalue weighted by atomic mass is 35.5. The lowest BCUT2D eigenvalue weighted by molar-refractivity contribution is 1.05. The molecule has 0 bridgehead atoms. The van der Waals surface area contributed by atoms with Gasteiger partial charge >= 0.3 is 0 Å². The van der Waals surface area contributed by atoms with E-state index in [4.69, 9.17) is 23.8 Å². The Morgan fingerprint density at radius 3 is 2.15 bits per heavy atom. The maximum Gasteiger partial charge on any atom is 0.191 e. The number of hydrogen-bond acceptors (Lipinski definition) is 3. The van der Waals surface area contributed by atoms with Crippen LogP contribution in [0.1, 0.15) is 5.56 Å². The van der Waals surface area contributed by atoms with Crippen LogP contribution in [0.25, 0.3) is 21.5 Å². The summed E-state index contributed by atoms with van der Waals surface area (Å²) in [5.74, 6) is 0. The molecule has 4 rings (SSSR count). The summed E-state index contributed by atoms with van der Waals surface area (Å²) >= 11 is 11.9. The zero-order chi connectivity index (χ0) is 18.6. The molecule has 0 unspecified atom stereocenters. The molecule has 0 aliphatic carbocycles. The monoisotopic (exact) mass is 390 g/mol. The maximum atomic E-state index is 6.62. The molecule has 0 aliphatic heterocycles. The minimum Gasteiger partial charge on any atom is -0.330 e. The van der Waals surface area contributed by atoms with Crippen LogP contribution in [0.4, 0.5) is 5.69 Å². The fourth-order valence-corrected chi connectivity index (χ4v) is 3.50. The number of fused-ring (bicyclic) bond motifs is 2. The number of pyridine rings is 1. The predicted molar refractivity (Wildman–Crippen MR) is 118 cm³/mol. The lowest BCUT2D eigenvalue weighted by atomic mass is 9.97. The van der Waals surface area contributed by atoms with Crippen molar-refractivity contribution in [2.75, 3.05) is 5.32 Å². The Balaban J connectivity index is 1.67. The minimum absolute atomic E-state index is 0.391. The number of thiocarbonyl (C=S) groups is 1. The third kappa shape index (κ3) is 3.60. The molecular formula is C21H15ClN4S. The van der Waals surface area contributed by atoms with E-state index >= 15 is 0 Å². The number of aromatic nitrogens is 1. The Morgan fingerprint density at radius 2 is 1.56 bits per heavy atom. The molecule has 0 amide bonds. The van der Waals surface area contributed by atoms with Crippen molar-refractivity contribution in [2.24, 2.45) is 5.10 Å². The summed E-state index contributed by atoms with van der Waals surface area (Å²) in [6, 6.07) is 19.8. The van der Waals surface area contributed by atoms with E-state index in [1.54, 1.807) is 18.6 Å². The third-order valence-electron chi connectivity index (χ3n) is 4.19. The van der Waals surface area contributed by atoms with Crippen LogP contribution in [0.5, 0.6) is 0 Å². The number of nitrogens with zero attached hydrogens (tertiary/aromatic N) is 2. The normalized spacial score (nSPS) is 11.1. The lowest BCUT2D eigenvalue weighted by Crippen LogP contribution is -2.23. The van der Waals surface area contributed by atoms with Crippen LogP contribution < -0.4 is 10.7 Å². The molecule has 4 nitrogen and oxygen atoms in total. The highest BCUT2D eigenvalue weighted by molar-refractivity contribution is 7.80. The van der Waals surface area contributed by atoms with E-state index in [2.05, 4.69) is 20.8 Å². The zero-order valence-corrected chi connectivity index (χ0v) is 15.8. The van der Waals surface area contributed by atoms with E-state index < -0.39 is 0 Å². The topological polar surface area (TPSA) is 49.3 Å². The SMILES string of the molecule is S=C(NN=Cc1c2ccccc2c(Cl)c2ccccc12)Nc1cccnc1. The van der Waals surface area contributed by atoms with Crippen LogP contribution in [-0.4, -0.2) is 16.3 Å². The number of hydrazone groups is 1. The van der Waals surface area contributed by atoms with Gasteiger partial charge in [0.15, 0.2) is 5.11 Å². The first kappa shape index (κ1) is 17.4. The van der Waals surface area contributed by atoms with E-state index in [-0.39, 0.29) is 0 Å². The summed E-state index contributed by atoms with van der Waals surface area (Å²) in [5, 5.41) is 12.6. The predicted octanol–water partition coefficient (Wildman–Crippen LogP) is 5.36. The average Bonchev–Trinajstić information content (AvgIpc) is 2.71. The molecule has 0 spiro atoms. The zero-order valence-electron chi connectivity index (χ0n) is 14.2. The minimum atomic E-state index is 0.391. The Bertz CT molecular complexity index is 1100. The van der Waals surface area contributed by atoms with Crippen molar-refractivity contribution in [3.8, 4) is 0 Å². The Hall–Kier alpha value is -3.02. The standard InChI is InChI=1S/C21H15ClN4S/c22-20-17-9-3-1-7-15(17)19(16-8-2-4-10-18(16)20)13-24-26-21(27)25-14-6-5-11-23-12-14/h1-13H,(H2,25,26,27). The summed E-state index contributed by atoms with van der Waals surface area (Å²) in [6.45, 7) is 0. The second-order valence-corrected chi connectivity index (χ2v) is 6.67. The molecule has 0 radical (unpaired) electrons. The van der Waals surface area contributed by atoms with Crippen molar-refractivity contribution >= 4 is 62.4 Å². The maximum absolute atomic E-state index is 6.62. The van der Waals surface area contributed by atoms with E-state index in [1.165, 1.54) is 0 Å². The molecule has 0 saturated heterocycles. The number of hydrogen-bond donors (Lipinski definition) is 2. The molecule has 3 aromatic carbocycles. The van der Waals surface area contributed by atoms with Crippen molar-refractivity contribution in [3.05, 3.63) is 83.6 Å². The Kier molecular flexibility index (Phi) is 4.96. The quantitative estimate of drug-likeness (QED) is 0.214. The van der Waals surface area contributed by atoms with E-state index in [9.17, 15) is 0 Å². The van der Waals surface area contributed by atoms with Crippen molar-refractivity contribution in [2.45, 2.75) is 0 Å². The molecule has 132 valence electrons. The van der Waals surface area contributed by atoms with Crippen molar-refractivity contribution in [3.63, 3.8) is 0 Å². The first-order valence-corrected chi connectivity index (χ1v) is 9.11. The summed E-state index contributed by atoms with van der Waals surface area (Å²) in [4.78, 5) is 4.04. The van der Waals surface area contributed by atoms with Gasteiger partial charge in [-0.25, -0.2) is 0 Å². The van der Waals surface area contributed by atoms with Gasteiger partial charge in [-0.3, -0.25) is 10.4 Å². The van der Waals surface area contributed by atoms with Gasteiger partial charge in [0.25, 0.3) is 0 Å². The van der Waals surface area contributed by atoms with Gasteiger partial charge in [0.05, 0.1) is 23.1 Å². The van der Waals surface area contributed by atoms with Crippen LogP contribution in [0.15, 0.2) is 78.2 Å². The molecule has 27 heavy (non-hydrogen) atoms. The summed E-state index contributed by atoms with van der Waals surface area (Å²) < 4.78 is 0. The Labute approximate surface area is 166 Å². The van der Waals surface area contributed by atoms with Crippen molar-refractivity contribution < 1.29 is 0 Å². The van der Waals surface area contributed by atoms with Gasteiger partial charge in [0, 0.05) is 22.5 Å². The van der Waals surface area contributed by atoms with Gasteiger partial charge in [-0.15, -0.1) is 0 Å². The van der Waals surface area contributed by atoms with Gasteiger partial charge in [0.2, 0.25) is 0 Å². The molecule has 0 saturated carbocycles. The van der Waals surface area contributed by atoms with Gasteiger partial charge in [0.1, 0.15) is 0 Å². The van der Waals surface area contributed by atoms with E-state index in [1.807, 2.05) is 60.7 Å². The number of benzene rings is 3. The third-order valence-corrected chi connectivity index (χ3v) is 4.79. The molecule has 0 fully saturated rings.